The van der Waals surface area contributed by atoms with Crippen LogP contribution in [-0.4, -0.2) is 6.04 Å². The van der Waals surface area contributed by atoms with E-state index >= 15 is 0 Å². The molecule has 2 atom stereocenters. The molecule has 0 radical (unpaired) electrons. The molecule has 0 spiro atoms. The minimum Gasteiger partial charge on any atom is -0.328 e. The number of aryl methyl sites for hydroxylation is 2. The number of benzene rings is 1. The molecule has 2 N–H and O–H groups in total. The van der Waals surface area contributed by atoms with Crippen LogP contribution < -0.4 is 5.73 Å². The third-order valence-electron chi connectivity index (χ3n) is 3.68. The summed E-state index contributed by atoms with van der Waals surface area (Å²) >= 11 is 0. The van der Waals surface area contributed by atoms with Crippen molar-refractivity contribution >= 4 is 0 Å². The van der Waals surface area contributed by atoms with E-state index in [1.807, 2.05) is 0 Å². The number of hydrogen-bond donors (Lipinski definition) is 1. The molecule has 1 heteroatoms. The summed E-state index contributed by atoms with van der Waals surface area (Å²) in [7, 11) is 0. The van der Waals surface area contributed by atoms with Gasteiger partial charge in [0.1, 0.15) is 0 Å². The molecule has 0 bridgehead atoms. The average Bonchev–Trinajstić information content (AvgIpc) is 2.41. The van der Waals surface area contributed by atoms with Crippen molar-refractivity contribution in [2.75, 3.05) is 0 Å². The van der Waals surface area contributed by atoms with Crippen molar-refractivity contribution in [3.05, 3.63) is 34.9 Å². The molecule has 2 unspecified atom stereocenters. The smallest absolute Gasteiger partial charge is 0.00446 e. The van der Waals surface area contributed by atoms with Crippen molar-refractivity contribution in [2.45, 2.75) is 57.9 Å². The Morgan fingerprint density at radius 1 is 1.00 bits per heavy atom. The lowest BCUT2D eigenvalue weighted by Crippen LogP contribution is -2.20. The minimum atomic E-state index is 0.410. The van der Waals surface area contributed by atoms with Gasteiger partial charge in [-0.05, 0) is 44.6 Å². The normalized spacial score (nSPS) is 26.4. The van der Waals surface area contributed by atoms with Gasteiger partial charge in [-0.25, -0.2) is 0 Å². The second-order valence-electron chi connectivity index (χ2n) is 5.40. The Labute approximate surface area is 99.0 Å². The molecule has 1 aliphatic rings. The quantitative estimate of drug-likeness (QED) is 0.713. The van der Waals surface area contributed by atoms with Gasteiger partial charge in [0, 0.05) is 6.04 Å². The maximum Gasteiger partial charge on any atom is 0.00446 e. The predicted molar refractivity (Wildman–Crippen MR) is 69.7 cm³/mol. The number of hydrogen-bond acceptors (Lipinski definition) is 1. The highest BCUT2D eigenvalue weighted by Crippen LogP contribution is 2.32. The Morgan fingerprint density at radius 3 is 2.31 bits per heavy atom. The summed E-state index contributed by atoms with van der Waals surface area (Å²) in [4.78, 5) is 0. The molecular formula is C15H23N. The lowest BCUT2D eigenvalue weighted by molar-refractivity contribution is 0.535. The Morgan fingerprint density at radius 2 is 1.62 bits per heavy atom. The zero-order chi connectivity index (χ0) is 11.5. The molecule has 0 saturated heterocycles. The monoisotopic (exact) mass is 217 g/mol. The molecule has 0 heterocycles. The topological polar surface area (TPSA) is 26.0 Å². The molecule has 1 aromatic carbocycles. The lowest BCUT2D eigenvalue weighted by Gasteiger charge is -2.18. The van der Waals surface area contributed by atoms with Crippen LogP contribution in [0.1, 0.15) is 54.7 Å². The largest absolute Gasteiger partial charge is 0.328 e. The fraction of sp³-hybridized carbons (Fsp3) is 0.600. The average molecular weight is 217 g/mol. The molecule has 88 valence electrons. The summed E-state index contributed by atoms with van der Waals surface area (Å²) in [6.07, 6.45) is 6.34. The first-order valence-corrected chi connectivity index (χ1v) is 6.49. The Balaban J connectivity index is 2.21. The van der Waals surface area contributed by atoms with Gasteiger partial charge in [-0.2, -0.15) is 0 Å². The Kier molecular flexibility index (Phi) is 3.65. The molecule has 2 rings (SSSR count). The van der Waals surface area contributed by atoms with Gasteiger partial charge < -0.3 is 5.73 Å². The van der Waals surface area contributed by atoms with Gasteiger partial charge in [0.25, 0.3) is 0 Å². The van der Waals surface area contributed by atoms with Gasteiger partial charge >= 0.3 is 0 Å². The van der Waals surface area contributed by atoms with Crippen molar-refractivity contribution in [1.29, 1.82) is 0 Å². The standard InChI is InChI=1S/C15H23N/c1-11-7-12(2)9-14(8-11)13-5-3-4-6-15(16)10-13/h7-9,13,15H,3-6,10,16H2,1-2H3. The van der Waals surface area contributed by atoms with Crippen LogP contribution in [0.2, 0.25) is 0 Å². The van der Waals surface area contributed by atoms with E-state index in [4.69, 9.17) is 5.73 Å². The Hall–Kier alpha value is -0.820. The van der Waals surface area contributed by atoms with Gasteiger partial charge in [0.15, 0.2) is 0 Å². The first-order valence-electron chi connectivity index (χ1n) is 6.49. The Bertz CT molecular complexity index is 336. The van der Waals surface area contributed by atoms with Gasteiger partial charge in [-0.15, -0.1) is 0 Å². The minimum absolute atomic E-state index is 0.410. The molecule has 0 aromatic heterocycles. The molecule has 1 fully saturated rings. The van der Waals surface area contributed by atoms with E-state index in [1.165, 1.54) is 48.8 Å². The van der Waals surface area contributed by atoms with Crippen LogP contribution in [0.3, 0.4) is 0 Å². The molecule has 1 aliphatic carbocycles. The summed E-state index contributed by atoms with van der Waals surface area (Å²) in [5.74, 6) is 0.691. The summed E-state index contributed by atoms with van der Waals surface area (Å²) in [6, 6.07) is 7.35. The van der Waals surface area contributed by atoms with E-state index in [2.05, 4.69) is 32.0 Å². The van der Waals surface area contributed by atoms with Crippen LogP contribution in [0.25, 0.3) is 0 Å². The highest BCUT2D eigenvalue weighted by molar-refractivity contribution is 5.31. The van der Waals surface area contributed by atoms with E-state index in [0.29, 0.717) is 12.0 Å². The highest BCUT2D eigenvalue weighted by atomic mass is 14.6. The van der Waals surface area contributed by atoms with Gasteiger partial charge in [0.05, 0.1) is 0 Å². The van der Waals surface area contributed by atoms with Crippen LogP contribution in [0.15, 0.2) is 18.2 Å². The van der Waals surface area contributed by atoms with E-state index in [0.717, 1.165) is 0 Å². The van der Waals surface area contributed by atoms with Gasteiger partial charge in [-0.1, -0.05) is 42.2 Å². The predicted octanol–water partition coefficient (Wildman–Crippen LogP) is 3.68. The molecule has 0 amide bonds. The molecular weight excluding hydrogens is 194 g/mol. The van der Waals surface area contributed by atoms with E-state index in [1.54, 1.807) is 0 Å². The van der Waals surface area contributed by atoms with Crippen LogP contribution in [0.5, 0.6) is 0 Å². The SMILES string of the molecule is Cc1cc(C)cc(C2CCCCC(N)C2)c1. The number of rotatable bonds is 1. The van der Waals surface area contributed by atoms with Crippen molar-refractivity contribution in [3.8, 4) is 0 Å². The third-order valence-corrected chi connectivity index (χ3v) is 3.68. The van der Waals surface area contributed by atoms with E-state index in [9.17, 15) is 0 Å². The summed E-state index contributed by atoms with van der Waals surface area (Å²) in [5, 5.41) is 0. The molecule has 1 aromatic rings. The maximum atomic E-state index is 6.14. The van der Waals surface area contributed by atoms with Crippen molar-refractivity contribution in [3.63, 3.8) is 0 Å². The zero-order valence-electron chi connectivity index (χ0n) is 10.5. The molecule has 1 nitrogen and oxygen atoms in total. The van der Waals surface area contributed by atoms with Crippen molar-refractivity contribution in [1.82, 2.24) is 0 Å². The van der Waals surface area contributed by atoms with Crippen LogP contribution in [-0.2, 0) is 0 Å². The van der Waals surface area contributed by atoms with Gasteiger partial charge in [0.2, 0.25) is 0 Å². The summed E-state index contributed by atoms with van der Waals surface area (Å²) in [5.41, 5.74) is 10.4. The van der Waals surface area contributed by atoms with Crippen LogP contribution >= 0.6 is 0 Å². The fourth-order valence-electron chi connectivity index (χ4n) is 2.95. The maximum absolute atomic E-state index is 6.14. The summed E-state index contributed by atoms with van der Waals surface area (Å²) < 4.78 is 0. The van der Waals surface area contributed by atoms with Crippen LogP contribution in [0, 0.1) is 13.8 Å². The van der Waals surface area contributed by atoms with Crippen molar-refractivity contribution in [2.24, 2.45) is 5.73 Å². The molecule has 0 aliphatic heterocycles. The number of nitrogens with two attached hydrogens (primary N) is 1. The second-order valence-corrected chi connectivity index (χ2v) is 5.40. The highest BCUT2D eigenvalue weighted by Gasteiger charge is 2.19. The molecule has 16 heavy (non-hydrogen) atoms. The summed E-state index contributed by atoms with van der Waals surface area (Å²) in [6.45, 7) is 4.38. The van der Waals surface area contributed by atoms with E-state index in [-0.39, 0.29) is 0 Å². The first kappa shape index (κ1) is 11.7. The van der Waals surface area contributed by atoms with Crippen LogP contribution in [0.4, 0.5) is 0 Å². The second kappa shape index (κ2) is 5.01. The zero-order valence-corrected chi connectivity index (χ0v) is 10.5. The van der Waals surface area contributed by atoms with Gasteiger partial charge in [-0.3, -0.25) is 0 Å². The first-order chi connectivity index (χ1) is 7.65. The molecule has 1 saturated carbocycles. The third kappa shape index (κ3) is 2.85. The fourth-order valence-corrected chi connectivity index (χ4v) is 2.95. The van der Waals surface area contributed by atoms with Crippen molar-refractivity contribution < 1.29 is 0 Å². The van der Waals surface area contributed by atoms with E-state index < -0.39 is 0 Å². The lowest BCUT2D eigenvalue weighted by atomic mass is 9.89.